The average Bonchev–Trinajstić information content (AvgIpc) is 3.04. The van der Waals surface area contributed by atoms with E-state index in [0.29, 0.717) is 13.0 Å². The molecule has 1 fully saturated rings. The molecule has 26 heavy (non-hydrogen) atoms. The van der Waals surface area contributed by atoms with Gasteiger partial charge in [-0.1, -0.05) is 12.1 Å². The lowest BCUT2D eigenvalue weighted by atomic mass is 10.2. The van der Waals surface area contributed by atoms with Crippen LogP contribution in [-0.2, 0) is 20.3 Å². The van der Waals surface area contributed by atoms with E-state index in [1.54, 1.807) is 4.90 Å². The summed E-state index contributed by atoms with van der Waals surface area (Å²) in [7, 11) is 2.77. The highest BCUT2D eigenvalue weighted by molar-refractivity contribution is 5.38. The number of hydrogen-bond acceptors (Lipinski definition) is 5. The van der Waals surface area contributed by atoms with Gasteiger partial charge in [0, 0.05) is 27.1 Å². The second-order valence-electron chi connectivity index (χ2n) is 6.06. The number of anilines is 1. The highest BCUT2D eigenvalue weighted by atomic mass is 19.4. The summed E-state index contributed by atoms with van der Waals surface area (Å²) in [6.45, 7) is 0.589. The van der Waals surface area contributed by atoms with E-state index in [-0.39, 0.29) is 18.1 Å². The number of aromatic nitrogens is 3. The molecule has 2 heterocycles. The SMILES string of the molecule is Cn1nc(N2CCC(Oc3ccccc3C(F)(F)F)C2)c(=O)n(C)c1=O. The van der Waals surface area contributed by atoms with Crippen molar-refractivity contribution < 1.29 is 17.9 Å². The van der Waals surface area contributed by atoms with Gasteiger partial charge >= 0.3 is 11.9 Å². The summed E-state index contributed by atoms with van der Waals surface area (Å²) in [4.78, 5) is 25.6. The Labute approximate surface area is 146 Å². The molecule has 0 bridgehead atoms. The molecule has 0 spiro atoms. The first kappa shape index (κ1) is 18.0. The van der Waals surface area contributed by atoms with Crippen molar-refractivity contribution in [2.75, 3.05) is 18.0 Å². The maximum absolute atomic E-state index is 13.1. The van der Waals surface area contributed by atoms with Crippen LogP contribution in [0.4, 0.5) is 19.0 Å². The number of para-hydroxylation sites is 1. The molecule has 1 unspecified atom stereocenters. The first-order valence-corrected chi connectivity index (χ1v) is 7.90. The zero-order valence-electron chi connectivity index (χ0n) is 14.2. The van der Waals surface area contributed by atoms with Crippen LogP contribution in [0.25, 0.3) is 0 Å². The van der Waals surface area contributed by atoms with Crippen molar-refractivity contribution in [2.45, 2.75) is 18.7 Å². The highest BCUT2D eigenvalue weighted by Gasteiger charge is 2.36. The minimum absolute atomic E-state index is 0.0739. The van der Waals surface area contributed by atoms with Crippen LogP contribution in [0.1, 0.15) is 12.0 Å². The van der Waals surface area contributed by atoms with Gasteiger partial charge in [-0.25, -0.2) is 9.48 Å². The van der Waals surface area contributed by atoms with Crippen molar-refractivity contribution in [2.24, 2.45) is 14.1 Å². The molecule has 1 aliphatic heterocycles. The Bertz CT molecular complexity index is 936. The number of halogens is 3. The van der Waals surface area contributed by atoms with Crippen LogP contribution in [-0.4, -0.2) is 33.5 Å². The third kappa shape index (κ3) is 3.31. The van der Waals surface area contributed by atoms with Crippen molar-refractivity contribution in [3.05, 3.63) is 50.7 Å². The molecule has 140 valence electrons. The molecule has 3 rings (SSSR count). The molecule has 0 saturated carbocycles. The van der Waals surface area contributed by atoms with Gasteiger partial charge in [-0.3, -0.25) is 9.36 Å². The van der Waals surface area contributed by atoms with Crippen LogP contribution >= 0.6 is 0 Å². The summed E-state index contributed by atoms with van der Waals surface area (Å²) < 4.78 is 46.7. The van der Waals surface area contributed by atoms with Crippen LogP contribution in [0.2, 0.25) is 0 Å². The van der Waals surface area contributed by atoms with E-state index in [4.69, 9.17) is 4.74 Å². The van der Waals surface area contributed by atoms with Crippen molar-refractivity contribution in [3.63, 3.8) is 0 Å². The quantitative estimate of drug-likeness (QED) is 0.811. The van der Waals surface area contributed by atoms with E-state index in [9.17, 15) is 22.8 Å². The predicted octanol–water partition coefficient (Wildman–Crippen LogP) is 1.16. The van der Waals surface area contributed by atoms with Crippen LogP contribution < -0.4 is 20.9 Å². The van der Waals surface area contributed by atoms with Crippen molar-refractivity contribution >= 4 is 5.82 Å². The Balaban J connectivity index is 1.81. The van der Waals surface area contributed by atoms with Crippen LogP contribution in [0.15, 0.2) is 33.9 Å². The zero-order chi connectivity index (χ0) is 19.1. The molecule has 10 heteroatoms. The summed E-state index contributed by atoms with van der Waals surface area (Å²) in [6.07, 6.45) is -4.61. The number of hydrogen-bond donors (Lipinski definition) is 0. The largest absolute Gasteiger partial charge is 0.488 e. The molecule has 0 aliphatic carbocycles. The fourth-order valence-corrected chi connectivity index (χ4v) is 2.88. The standard InChI is InChI=1S/C16H17F3N4O3/c1-21-14(24)13(20-22(2)15(21)25)23-8-7-10(9-23)26-12-6-4-3-5-11(12)16(17,18)19/h3-6,10H,7-9H2,1-2H3. The first-order valence-electron chi connectivity index (χ1n) is 7.90. The second kappa shape index (κ2) is 6.50. The van der Waals surface area contributed by atoms with Crippen LogP contribution in [0, 0.1) is 0 Å². The number of benzene rings is 1. The molecular formula is C16H17F3N4O3. The van der Waals surface area contributed by atoms with Crippen molar-refractivity contribution in [3.8, 4) is 5.75 Å². The lowest BCUT2D eigenvalue weighted by Gasteiger charge is -2.20. The Kier molecular flexibility index (Phi) is 4.51. The summed E-state index contributed by atoms with van der Waals surface area (Å²) in [5.74, 6) is -0.169. The minimum Gasteiger partial charge on any atom is -0.488 e. The monoisotopic (exact) mass is 370 g/mol. The Morgan fingerprint density at radius 1 is 1.19 bits per heavy atom. The van der Waals surface area contributed by atoms with Crippen molar-refractivity contribution in [1.29, 1.82) is 0 Å². The Hall–Kier alpha value is -2.78. The number of ether oxygens (including phenoxy) is 1. The third-order valence-electron chi connectivity index (χ3n) is 4.24. The van der Waals surface area contributed by atoms with E-state index in [1.165, 1.54) is 32.3 Å². The lowest BCUT2D eigenvalue weighted by molar-refractivity contribution is -0.139. The van der Waals surface area contributed by atoms with Gasteiger partial charge in [0.1, 0.15) is 11.9 Å². The Morgan fingerprint density at radius 2 is 1.88 bits per heavy atom. The number of aryl methyl sites for hydroxylation is 1. The van der Waals surface area contributed by atoms with Gasteiger partial charge in [0.2, 0.25) is 5.82 Å². The van der Waals surface area contributed by atoms with Gasteiger partial charge in [0.15, 0.2) is 0 Å². The molecule has 0 radical (unpaired) electrons. The van der Waals surface area contributed by atoms with Gasteiger partial charge in [-0.05, 0) is 12.1 Å². The van der Waals surface area contributed by atoms with E-state index < -0.39 is 29.1 Å². The number of nitrogens with zero attached hydrogens (tertiary/aromatic N) is 4. The molecule has 1 saturated heterocycles. The van der Waals surface area contributed by atoms with Gasteiger partial charge in [0.05, 0.1) is 12.1 Å². The fraction of sp³-hybridized carbons (Fsp3) is 0.438. The van der Waals surface area contributed by atoms with Gasteiger partial charge in [-0.15, -0.1) is 5.10 Å². The Morgan fingerprint density at radius 3 is 2.58 bits per heavy atom. The topological polar surface area (TPSA) is 69.4 Å². The average molecular weight is 370 g/mol. The minimum atomic E-state index is -4.51. The maximum atomic E-state index is 13.1. The molecule has 1 aromatic heterocycles. The molecule has 0 N–H and O–H groups in total. The summed E-state index contributed by atoms with van der Waals surface area (Å²) in [5.41, 5.74) is -1.94. The molecule has 1 aliphatic rings. The van der Waals surface area contributed by atoms with Crippen LogP contribution in [0.3, 0.4) is 0 Å². The highest BCUT2D eigenvalue weighted by Crippen LogP contribution is 2.36. The molecule has 1 atom stereocenters. The molecule has 7 nitrogen and oxygen atoms in total. The van der Waals surface area contributed by atoms with E-state index in [1.807, 2.05) is 0 Å². The van der Waals surface area contributed by atoms with Gasteiger partial charge in [0.25, 0.3) is 5.56 Å². The van der Waals surface area contributed by atoms with E-state index >= 15 is 0 Å². The first-order chi connectivity index (χ1) is 12.2. The third-order valence-corrected chi connectivity index (χ3v) is 4.24. The van der Waals surface area contributed by atoms with Gasteiger partial charge in [-0.2, -0.15) is 13.2 Å². The number of rotatable bonds is 3. The van der Waals surface area contributed by atoms with E-state index in [0.717, 1.165) is 15.3 Å². The molecule has 2 aromatic rings. The lowest BCUT2D eigenvalue weighted by Crippen LogP contribution is -2.43. The summed E-state index contributed by atoms with van der Waals surface area (Å²) in [5, 5.41) is 3.97. The van der Waals surface area contributed by atoms with E-state index in [2.05, 4.69) is 5.10 Å². The van der Waals surface area contributed by atoms with Crippen LogP contribution in [0.5, 0.6) is 5.75 Å². The molecule has 0 amide bonds. The normalized spacial score (nSPS) is 17.6. The maximum Gasteiger partial charge on any atom is 0.419 e. The van der Waals surface area contributed by atoms with Gasteiger partial charge < -0.3 is 9.64 Å². The second-order valence-corrected chi connectivity index (χ2v) is 6.06. The van der Waals surface area contributed by atoms with Crippen molar-refractivity contribution in [1.82, 2.24) is 14.3 Å². The number of alkyl halides is 3. The zero-order valence-corrected chi connectivity index (χ0v) is 14.2. The summed E-state index contributed by atoms with van der Waals surface area (Å²) in [6, 6.07) is 5.01. The summed E-state index contributed by atoms with van der Waals surface area (Å²) >= 11 is 0. The molecule has 1 aromatic carbocycles. The smallest absolute Gasteiger partial charge is 0.419 e. The molecular weight excluding hydrogens is 353 g/mol. The fourth-order valence-electron chi connectivity index (χ4n) is 2.88. The predicted molar refractivity (Wildman–Crippen MR) is 87.4 cm³/mol.